The molecule has 0 bridgehead atoms. The molecular weight excluding hydrogens is 282 g/mol. The zero-order valence-corrected chi connectivity index (χ0v) is 13.5. The number of para-hydroxylation sites is 1. The summed E-state index contributed by atoms with van der Waals surface area (Å²) in [5.74, 6) is 0. The van der Waals surface area contributed by atoms with Crippen molar-refractivity contribution < 1.29 is 0 Å². The Labute approximate surface area is 131 Å². The molecule has 3 rings (SSSR count). The predicted molar refractivity (Wildman–Crippen MR) is 88.7 cm³/mol. The largest absolute Gasteiger partial charge is 0.306 e. The van der Waals surface area contributed by atoms with E-state index in [0.717, 1.165) is 23.0 Å². The molecule has 0 spiro atoms. The van der Waals surface area contributed by atoms with Crippen LogP contribution in [-0.4, -0.2) is 48.0 Å². The number of halogens is 1. The van der Waals surface area contributed by atoms with Gasteiger partial charge in [0.15, 0.2) is 0 Å². The van der Waals surface area contributed by atoms with Crippen molar-refractivity contribution in [3.05, 3.63) is 41.0 Å². The number of benzene rings is 1. The Morgan fingerprint density at radius 3 is 2.76 bits per heavy atom. The number of fused-ring (bicyclic) bond motifs is 1. The molecule has 0 N–H and O–H groups in total. The molecule has 0 aliphatic carbocycles. The smallest absolute Gasteiger partial charge is 0.134 e. The van der Waals surface area contributed by atoms with E-state index in [1.54, 1.807) is 0 Å². The Hall–Kier alpha value is -1.16. The fourth-order valence-electron chi connectivity index (χ4n) is 3.08. The highest BCUT2D eigenvalue weighted by atomic mass is 35.5. The number of pyridine rings is 1. The molecule has 1 saturated heterocycles. The zero-order chi connectivity index (χ0) is 14.8. The summed E-state index contributed by atoms with van der Waals surface area (Å²) in [6.45, 7) is 3.22. The number of hydrogen-bond acceptors (Lipinski definition) is 3. The summed E-state index contributed by atoms with van der Waals surface area (Å²) in [5.41, 5.74) is 2.09. The second-order valence-electron chi connectivity index (χ2n) is 6.08. The number of likely N-dealkylation sites (tertiary alicyclic amines) is 1. The van der Waals surface area contributed by atoms with Crippen molar-refractivity contribution in [1.29, 1.82) is 0 Å². The van der Waals surface area contributed by atoms with Gasteiger partial charge in [0, 0.05) is 23.5 Å². The second kappa shape index (κ2) is 6.30. The summed E-state index contributed by atoms with van der Waals surface area (Å²) in [7, 11) is 4.39. The van der Waals surface area contributed by atoms with Crippen molar-refractivity contribution in [3.8, 4) is 0 Å². The van der Waals surface area contributed by atoms with Crippen LogP contribution in [0.3, 0.4) is 0 Å². The van der Waals surface area contributed by atoms with Crippen molar-refractivity contribution in [2.75, 3.05) is 27.2 Å². The van der Waals surface area contributed by atoms with Crippen LogP contribution in [0, 0.1) is 0 Å². The van der Waals surface area contributed by atoms with Gasteiger partial charge in [0.05, 0.1) is 5.52 Å². The fraction of sp³-hybridized carbons (Fsp3) is 0.471. The summed E-state index contributed by atoms with van der Waals surface area (Å²) in [6.07, 6.45) is 2.46. The predicted octanol–water partition coefficient (Wildman–Crippen LogP) is 3.41. The van der Waals surface area contributed by atoms with E-state index in [4.69, 9.17) is 11.6 Å². The van der Waals surface area contributed by atoms with Gasteiger partial charge in [0.25, 0.3) is 0 Å². The summed E-state index contributed by atoms with van der Waals surface area (Å²) in [6, 6.07) is 11.0. The molecule has 0 unspecified atom stereocenters. The minimum Gasteiger partial charge on any atom is -0.306 e. The van der Waals surface area contributed by atoms with E-state index < -0.39 is 0 Å². The van der Waals surface area contributed by atoms with Crippen LogP contribution < -0.4 is 0 Å². The topological polar surface area (TPSA) is 19.4 Å². The number of piperidine rings is 1. The molecule has 0 saturated carbocycles. The lowest BCUT2D eigenvalue weighted by Crippen LogP contribution is -2.41. The number of aromatic nitrogens is 1. The average molecular weight is 304 g/mol. The van der Waals surface area contributed by atoms with Crippen LogP contribution in [0.1, 0.15) is 18.4 Å². The van der Waals surface area contributed by atoms with Gasteiger partial charge >= 0.3 is 0 Å². The molecule has 3 nitrogen and oxygen atoms in total. The standard InChI is InChI=1S/C17H22ClN3/c1-20-9-7-15(8-10-20)21(2)12-14-11-13-5-3-4-6-16(13)19-17(14)18/h3-6,11,15H,7-10,12H2,1-2H3. The highest BCUT2D eigenvalue weighted by molar-refractivity contribution is 6.30. The molecule has 1 aliphatic rings. The molecule has 1 aromatic heterocycles. The van der Waals surface area contributed by atoms with Crippen molar-refractivity contribution >= 4 is 22.5 Å². The lowest BCUT2D eigenvalue weighted by Gasteiger charge is -2.35. The Morgan fingerprint density at radius 1 is 1.29 bits per heavy atom. The Morgan fingerprint density at radius 2 is 2.00 bits per heavy atom. The van der Waals surface area contributed by atoms with E-state index in [9.17, 15) is 0 Å². The number of nitrogens with zero attached hydrogens (tertiary/aromatic N) is 3. The highest BCUT2D eigenvalue weighted by Gasteiger charge is 2.21. The quantitative estimate of drug-likeness (QED) is 0.810. The molecule has 1 aromatic carbocycles. The molecule has 1 fully saturated rings. The van der Waals surface area contributed by atoms with E-state index >= 15 is 0 Å². The maximum absolute atomic E-state index is 6.36. The average Bonchev–Trinajstić information content (AvgIpc) is 2.48. The first-order valence-electron chi connectivity index (χ1n) is 7.56. The van der Waals surface area contributed by atoms with Crippen molar-refractivity contribution in [2.45, 2.75) is 25.4 Å². The van der Waals surface area contributed by atoms with Gasteiger partial charge in [-0.15, -0.1) is 0 Å². The molecule has 112 valence electrons. The molecule has 1 aliphatic heterocycles. The molecule has 21 heavy (non-hydrogen) atoms. The summed E-state index contributed by atoms with van der Waals surface area (Å²) < 4.78 is 0. The third-order valence-electron chi connectivity index (χ3n) is 4.48. The maximum atomic E-state index is 6.36. The fourth-order valence-corrected chi connectivity index (χ4v) is 3.29. The lowest BCUT2D eigenvalue weighted by atomic mass is 10.0. The van der Waals surface area contributed by atoms with Gasteiger partial charge in [-0.2, -0.15) is 0 Å². The Bertz CT molecular complexity index is 620. The minimum atomic E-state index is 0.633. The molecular formula is C17H22ClN3. The summed E-state index contributed by atoms with van der Waals surface area (Å²) in [5, 5.41) is 1.79. The lowest BCUT2D eigenvalue weighted by molar-refractivity contribution is 0.139. The van der Waals surface area contributed by atoms with Crippen LogP contribution in [-0.2, 0) is 6.54 Å². The maximum Gasteiger partial charge on any atom is 0.134 e. The Kier molecular flexibility index (Phi) is 4.43. The first-order chi connectivity index (χ1) is 10.1. The van der Waals surface area contributed by atoms with Gasteiger partial charge in [-0.1, -0.05) is 29.8 Å². The van der Waals surface area contributed by atoms with Crippen LogP contribution in [0.15, 0.2) is 30.3 Å². The normalized spacial score (nSPS) is 17.7. The van der Waals surface area contributed by atoms with E-state index in [1.807, 2.05) is 18.2 Å². The van der Waals surface area contributed by atoms with Gasteiger partial charge in [0.2, 0.25) is 0 Å². The van der Waals surface area contributed by atoms with Crippen LogP contribution in [0.25, 0.3) is 10.9 Å². The number of rotatable bonds is 3. The van der Waals surface area contributed by atoms with Crippen LogP contribution in [0.2, 0.25) is 5.15 Å². The molecule has 4 heteroatoms. The summed E-state index contributed by atoms with van der Waals surface area (Å²) in [4.78, 5) is 9.34. The minimum absolute atomic E-state index is 0.633. The van der Waals surface area contributed by atoms with Crippen LogP contribution in [0.4, 0.5) is 0 Å². The van der Waals surface area contributed by atoms with E-state index in [2.05, 4.69) is 41.0 Å². The zero-order valence-electron chi connectivity index (χ0n) is 12.7. The number of hydrogen-bond donors (Lipinski definition) is 0. The van der Waals surface area contributed by atoms with E-state index in [0.29, 0.717) is 11.2 Å². The molecule has 2 heterocycles. The molecule has 0 amide bonds. The first-order valence-corrected chi connectivity index (χ1v) is 7.94. The van der Waals surface area contributed by atoms with Crippen LogP contribution >= 0.6 is 11.6 Å². The molecule has 2 aromatic rings. The molecule has 0 atom stereocenters. The van der Waals surface area contributed by atoms with Crippen LogP contribution in [0.5, 0.6) is 0 Å². The van der Waals surface area contributed by atoms with Crippen molar-refractivity contribution in [3.63, 3.8) is 0 Å². The third kappa shape index (κ3) is 3.37. The third-order valence-corrected chi connectivity index (χ3v) is 4.81. The first kappa shape index (κ1) is 14.8. The van der Waals surface area contributed by atoms with Gasteiger partial charge < -0.3 is 4.90 Å². The Balaban J connectivity index is 1.76. The molecule has 0 radical (unpaired) electrons. The van der Waals surface area contributed by atoms with Gasteiger partial charge in [-0.05, 0) is 52.2 Å². The van der Waals surface area contributed by atoms with Gasteiger partial charge in [-0.3, -0.25) is 4.90 Å². The SMILES string of the molecule is CN1CCC(N(C)Cc2cc3ccccc3nc2Cl)CC1. The monoisotopic (exact) mass is 303 g/mol. The van der Waals surface area contributed by atoms with Crippen molar-refractivity contribution in [2.24, 2.45) is 0 Å². The van der Waals surface area contributed by atoms with Gasteiger partial charge in [-0.25, -0.2) is 4.98 Å². The van der Waals surface area contributed by atoms with Crippen molar-refractivity contribution in [1.82, 2.24) is 14.8 Å². The highest BCUT2D eigenvalue weighted by Crippen LogP contribution is 2.23. The van der Waals surface area contributed by atoms with Gasteiger partial charge in [0.1, 0.15) is 5.15 Å². The summed E-state index contributed by atoms with van der Waals surface area (Å²) >= 11 is 6.36. The second-order valence-corrected chi connectivity index (χ2v) is 6.44. The van der Waals surface area contributed by atoms with E-state index in [1.165, 1.54) is 25.9 Å². The van der Waals surface area contributed by atoms with E-state index in [-0.39, 0.29) is 0 Å².